The monoisotopic (exact) mass is 382 g/mol. The molecule has 2 nitrogen and oxygen atoms in total. The van der Waals surface area contributed by atoms with Crippen LogP contribution in [-0.2, 0) is 4.79 Å². The van der Waals surface area contributed by atoms with Gasteiger partial charge in [-0.3, -0.25) is 4.79 Å². The van der Waals surface area contributed by atoms with E-state index in [1.54, 1.807) is 6.92 Å². The Balaban J connectivity index is 2.95. The van der Waals surface area contributed by atoms with Gasteiger partial charge in [0.1, 0.15) is 11.5 Å². The second kappa shape index (κ2) is 5.84. The third-order valence-corrected chi connectivity index (χ3v) is 3.92. The molecule has 0 aliphatic carbocycles. The number of ketones is 1. The summed E-state index contributed by atoms with van der Waals surface area (Å²) in [5.41, 5.74) is 0.968. The van der Waals surface area contributed by atoms with E-state index in [2.05, 4.69) is 38.5 Å². The van der Waals surface area contributed by atoms with Crippen LogP contribution in [0.15, 0.2) is 18.2 Å². The lowest BCUT2D eigenvalue weighted by Crippen LogP contribution is -2.02. The van der Waals surface area contributed by atoms with Gasteiger partial charge >= 0.3 is 0 Å². The lowest BCUT2D eigenvalue weighted by molar-refractivity contribution is -0.116. The van der Waals surface area contributed by atoms with Crippen LogP contribution in [-0.4, -0.2) is 12.4 Å². The number of carbonyl (C=O) groups excluding carboxylic acids is 1. The zero-order valence-electron chi connectivity index (χ0n) is 8.59. The molecule has 82 valence electrons. The Morgan fingerprint density at radius 3 is 2.73 bits per heavy atom. The van der Waals surface area contributed by atoms with E-state index in [1.807, 2.05) is 25.1 Å². The maximum Gasteiger partial charge on any atom is 0.147 e. The van der Waals surface area contributed by atoms with Crippen LogP contribution in [0.4, 0.5) is 0 Å². The number of benzene rings is 1. The van der Waals surface area contributed by atoms with Gasteiger partial charge in [0.2, 0.25) is 0 Å². The van der Waals surface area contributed by atoms with Crippen LogP contribution in [0.2, 0.25) is 0 Å². The smallest absolute Gasteiger partial charge is 0.147 e. The van der Waals surface area contributed by atoms with Crippen LogP contribution in [0.5, 0.6) is 5.75 Å². The molecule has 0 bridgehead atoms. The van der Waals surface area contributed by atoms with E-state index in [4.69, 9.17) is 4.74 Å². The highest BCUT2D eigenvalue weighted by atomic mass is 127. The average molecular weight is 383 g/mol. The number of hydrogen-bond acceptors (Lipinski definition) is 2. The number of alkyl halides is 1. The third-order valence-electron chi connectivity index (χ3n) is 1.91. The zero-order valence-corrected chi connectivity index (χ0v) is 12.3. The quantitative estimate of drug-likeness (QED) is 0.586. The molecule has 0 aliphatic heterocycles. The standard InChI is InChI=1S/C11H12BrIO2/c1-3-15-10-5-4-8(6-9(10)13)11(12)7(2)14/h4-6,11H,3H2,1-2H3. The number of rotatable bonds is 4. The van der Waals surface area contributed by atoms with Crippen molar-refractivity contribution in [3.05, 3.63) is 27.3 Å². The largest absolute Gasteiger partial charge is 0.493 e. The minimum Gasteiger partial charge on any atom is -0.493 e. The van der Waals surface area contributed by atoms with Crippen molar-refractivity contribution in [2.45, 2.75) is 18.7 Å². The van der Waals surface area contributed by atoms with Crippen LogP contribution in [0.1, 0.15) is 24.2 Å². The van der Waals surface area contributed by atoms with E-state index >= 15 is 0 Å². The molecular weight excluding hydrogens is 371 g/mol. The molecule has 0 saturated heterocycles. The van der Waals surface area contributed by atoms with Crippen molar-refractivity contribution in [1.29, 1.82) is 0 Å². The SMILES string of the molecule is CCOc1ccc(C(Br)C(C)=O)cc1I. The lowest BCUT2D eigenvalue weighted by atomic mass is 10.1. The zero-order chi connectivity index (χ0) is 11.4. The summed E-state index contributed by atoms with van der Waals surface area (Å²) < 4.78 is 6.45. The van der Waals surface area contributed by atoms with Crippen molar-refractivity contribution in [1.82, 2.24) is 0 Å². The first-order valence-electron chi connectivity index (χ1n) is 4.63. The van der Waals surface area contributed by atoms with Crippen molar-refractivity contribution in [2.24, 2.45) is 0 Å². The molecule has 0 aromatic heterocycles. The maximum absolute atomic E-state index is 11.2. The molecule has 15 heavy (non-hydrogen) atoms. The predicted molar refractivity (Wildman–Crippen MR) is 72.7 cm³/mol. The minimum atomic E-state index is -0.221. The van der Waals surface area contributed by atoms with Gasteiger partial charge in [0.05, 0.1) is 15.0 Å². The van der Waals surface area contributed by atoms with Gasteiger partial charge in [0, 0.05) is 0 Å². The van der Waals surface area contributed by atoms with Crippen molar-refractivity contribution >= 4 is 44.3 Å². The molecule has 1 aromatic carbocycles. The molecule has 1 rings (SSSR count). The summed E-state index contributed by atoms with van der Waals surface area (Å²) in [5, 5.41) is 0. The van der Waals surface area contributed by atoms with E-state index in [1.165, 1.54) is 0 Å². The summed E-state index contributed by atoms with van der Waals surface area (Å²) in [6.07, 6.45) is 0. The van der Waals surface area contributed by atoms with E-state index in [9.17, 15) is 4.79 Å². The first-order chi connectivity index (χ1) is 7.06. The molecule has 0 radical (unpaired) electrons. The highest BCUT2D eigenvalue weighted by Crippen LogP contribution is 2.29. The second-order valence-corrected chi connectivity index (χ2v) is 5.17. The Hall–Kier alpha value is -0.100. The molecule has 0 heterocycles. The Labute approximate surface area is 112 Å². The molecule has 0 amide bonds. The number of Topliss-reactive ketones (excluding diaryl/α,β-unsaturated/α-hetero) is 1. The van der Waals surface area contributed by atoms with Crippen molar-refractivity contribution in [3.63, 3.8) is 0 Å². The fourth-order valence-corrected chi connectivity index (χ4v) is 2.16. The van der Waals surface area contributed by atoms with Crippen LogP contribution >= 0.6 is 38.5 Å². The number of hydrogen-bond donors (Lipinski definition) is 0. The van der Waals surface area contributed by atoms with E-state index in [-0.39, 0.29) is 10.6 Å². The number of halogens is 2. The van der Waals surface area contributed by atoms with E-state index in [0.29, 0.717) is 6.61 Å². The molecular formula is C11H12BrIO2. The van der Waals surface area contributed by atoms with Gasteiger partial charge in [-0.2, -0.15) is 0 Å². The second-order valence-electron chi connectivity index (χ2n) is 3.10. The molecule has 4 heteroatoms. The lowest BCUT2D eigenvalue weighted by Gasteiger charge is -2.10. The van der Waals surface area contributed by atoms with E-state index < -0.39 is 0 Å². The number of carbonyl (C=O) groups is 1. The molecule has 1 atom stereocenters. The van der Waals surface area contributed by atoms with Gasteiger partial charge < -0.3 is 4.74 Å². The fourth-order valence-electron chi connectivity index (χ4n) is 1.18. The highest BCUT2D eigenvalue weighted by Gasteiger charge is 2.13. The van der Waals surface area contributed by atoms with Gasteiger partial charge in [0.15, 0.2) is 0 Å². The summed E-state index contributed by atoms with van der Waals surface area (Å²) in [6, 6.07) is 5.78. The average Bonchev–Trinajstić information content (AvgIpc) is 2.20. The first kappa shape index (κ1) is 13.0. The van der Waals surface area contributed by atoms with Gasteiger partial charge in [-0.1, -0.05) is 22.0 Å². The van der Waals surface area contributed by atoms with Crippen molar-refractivity contribution in [3.8, 4) is 5.75 Å². The summed E-state index contributed by atoms with van der Waals surface area (Å²) in [7, 11) is 0. The van der Waals surface area contributed by atoms with E-state index in [0.717, 1.165) is 14.9 Å². The topological polar surface area (TPSA) is 26.3 Å². The van der Waals surface area contributed by atoms with Crippen molar-refractivity contribution < 1.29 is 9.53 Å². The molecule has 0 aliphatic rings. The Bertz CT molecular complexity index is 366. The normalized spacial score (nSPS) is 12.3. The van der Waals surface area contributed by atoms with Gasteiger partial charge in [-0.25, -0.2) is 0 Å². The summed E-state index contributed by atoms with van der Waals surface area (Å²) >= 11 is 5.56. The molecule has 1 aromatic rings. The molecule has 1 unspecified atom stereocenters. The van der Waals surface area contributed by atoms with Crippen LogP contribution in [0.3, 0.4) is 0 Å². The molecule has 0 spiro atoms. The molecule has 0 fully saturated rings. The van der Waals surface area contributed by atoms with Crippen molar-refractivity contribution in [2.75, 3.05) is 6.61 Å². The maximum atomic E-state index is 11.2. The summed E-state index contributed by atoms with van der Waals surface area (Å²) in [6.45, 7) is 4.18. The third kappa shape index (κ3) is 3.45. The summed E-state index contributed by atoms with van der Waals surface area (Å²) in [4.78, 5) is 11.0. The Morgan fingerprint density at radius 2 is 2.27 bits per heavy atom. The fraction of sp³-hybridized carbons (Fsp3) is 0.364. The number of ether oxygens (including phenoxy) is 1. The first-order valence-corrected chi connectivity index (χ1v) is 6.62. The Morgan fingerprint density at radius 1 is 1.60 bits per heavy atom. The molecule has 0 N–H and O–H groups in total. The van der Waals surface area contributed by atoms with Gasteiger partial charge in [0.25, 0.3) is 0 Å². The predicted octanol–water partition coefficient (Wildman–Crippen LogP) is 3.71. The van der Waals surface area contributed by atoms with Crippen LogP contribution in [0.25, 0.3) is 0 Å². The van der Waals surface area contributed by atoms with Gasteiger partial charge in [-0.05, 0) is 54.1 Å². The molecule has 0 saturated carbocycles. The minimum absolute atomic E-state index is 0.106. The summed E-state index contributed by atoms with van der Waals surface area (Å²) in [5.74, 6) is 0.972. The van der Waals surface area contributed by atoms with Gasteiger partial charge in [-0.15, -0.1) is 0 Å². The van der Waals surface area contributed by atoms with Crippen LogP contribution in [0, 0.1) is 3.57 Å². The highest BCUT2D eigenvalue weighted by molar-refractivity contribution is 14.1. The van der Waals surface area contributed by atoms with Crippen LogP contribution < -0.4 is 4.74 Å². The Kier molecular flexibility index (Phi) is 5.05.